The fraction of sp³-hybridized carbons (Fsp3) is 0.467. The molecule has 6 nitrogen and oxygen atoms in total. The highest BCUT2D eigenvalue weighted by molar-refractivity contribution is 5.75. The Balaban J connectivity index is 0.000000219. The Morgan fingerprint density at radius 3 is 2.57 bits per heavy atom. The van der Waals surface area contributed by atoms with Crippen molar-refractivity contribution in [2.75, 3.05) is 13.7 Å². The molecule has 0 spiro atoms. The number of esters is 1. The van der Waals surface area contributed by atoms with E-state index in [1.807, 2.05) is 30.3 Å². The predicted octanol–water partition coefficient (Wildman–Crippen LogP) is 0.552. The first-order chi connectivity index (χ1) is 10.0. The summed E-state index contributed by atoms with van der Waals surface area (Å²) in [6, 6.07) is 8.51. The summed E-state index contributed by atoms with van der Waals surface area (Å²) in [5, 5.41) is 11.6. The maximum Gasteiger partial charge on any atom is 0.322 e. The number of carbonyl (C=O) groups excluding carboxylic acids is 1. The molecule has 116 valence electrons. The number of carboxylic acid groups (broad SMARTS) is 1. The summed E-state index contributed by atoms with van der Waals surface area (Å²) in [5.41, 5.74) is 6.30. The van der Waals surface area contributed by atoms with Crippen LogP contribution in [0, 0.1) is 0 Å². The maximum absolute atomic E-state index is 10.7. The first kappa shape index (κ1) is 17.1. The number of hydrogen-bond donors (Lipinski definition) is 3. The average Bonchev–Trinajstić information content (AvgIpc) is 3.02. The molecule has 0 radical (unpaired) electrons. The molecule has 0 aromatic heterocycles. The highest BCUT2D eigenvalue weighted by atomic mass is 16.5. The molecule has 0 amide bonds. The van der Waals surface area contributed by atoms with Crippen molar-refractivity contribution < 1.29 is 19.4 Å². The molecule has 1 aliphatic heterocycles. The molecule has 2 atom stereocenters. The Labute approximate surface area is 124 Å². The summed E-state index contributed by atoms with van der Waals surface area (Å²) in [7, 11) is 1.42. The van der Waals surface area contributed by atoms with Crippen LogP contribution < -0.4 is 11.1 Å². The second-order valence-corrected chi connectivity index (χ2v) is 4.81. The van der Waals surface area contributed by atoms with Gasteiger partial charge in [0.1, 0.15) is 12.1 Å². The maximum atomic E-state index is 10.7. The number of nitrogens with one attached hydrogen (secondary N) is 1. The van der Waals surface area contributed by atoms with Crippen LogP contribution in [0.2, 0.25) is 0 Å². The second kappa shape index (κ2) is 9.10. The largest absolute Gasteiger partial charge is 0.480 e. The van der Waals surface area contributed by atoms with Gasteiger partial charge in [-0.25, -0.2) is 0 Å². The molecule has 0 unspecified atom stereocenters. The second-order valence-electron chi connectivity index (χ2n) is 4.81. The normalized spacial score (nSPS) is 18.3. The number of methoxy groups -OCH3 is 1. The van der Waals surface area contributed by atoms with Crippen molar-refractivity contribution in [3.63, 3.8) is 0 Å². The molecule has 0 saturated carbocycles. The zero-order valence-corrected chi connectivity index (χ0v) is 12.1. The number of aliphatic carboxylic acids is 1. The van der Waals surface area contributed by atoms with Crippen LogP contribution in [0.1, 0.15) is 18.4 Å². The number of hydrogen-bond acceptors (Lipinski definition) is 5. The molecule has 0 aliphatic carbocycles. The van der Waals surface area contributed by atoms with Gasteiger partial charge in [-0.2, -0.15) is 0 Å². The number of rotatable bonds is 4. The number of benzene rings is 1. The Morgan fingerprint density at radius 2 is 2.10 bits per heavy atom. The predicted molar refractivity (Wildman–Crippen MR) is 78.8 cm³/mol. The smallest absolute Gasteiger partial charge is 0.322 e. The van der Waals surface area contributed by atoms with E-state index in [1.165, 1.54) is 7.11 Å². The Bertz CT molecular complexity index is 444. The van der Waals surface area contributed by atoms with Gasteiger partial charge in [-0.3, -0.25) is 9.59 Å². The monoisotopic (exact) mass is 294 g/mol. The average molecular weight is 294 g/mol. The van der Waals surface area contributed by atoms with Crippen LogP contribution >= 0.6 is 0 Å². The highest BCUT2D eigenvalue weighted by Crippen LogP contribution is 2.05. The summed E-state index contributed by atoms with van der Waals surface area (Å²) >= 11 is 0. The summed E-state index contributed by atoms with van der Waals surface area (Å²) < 4.78 is 4.53. The van der Waals surface area contributed by atoms with Crippen molar-refractivity contribution in [3.05, 3.63) is 35.9 Å². The van der Waals surface area contributed by atoms with Crippen molar-refractivity contribution in [3.8, 4) is 0 Å². The summed E-state index contributed by atoms with van der Waals surface area (Å²) in [5.74, 6) is -1.09. The van der Waals surface area contributed by atoms with Gasteiger partial charge >= 0.3 is 11.9 Å². The van der Waals surface area contributed by atoms with E-state index < -0.39 is 12.0 Å². The van der Waals surface area contributed by atoms with Crippen LogP contribution in [-0.4, -0.2) is 42.8 Å². The molecule has 4 N–H and O–H groups in total. The van der Waals surface area contributed by atoms with Gasteiger partial charge in [0, 0.05) is 0 Å². The lowest BCUT2D eigenvalue weighted by molar-refractivity contribution is -0.142. The Morgan fingerprint density at radius 1 is 1.43 bits per heavy atom. The minimum atomic E-state index is -0.959. The molecule has 2 rings (SSSR count). The molecule has 1 aliphatic rings. The lowest BCUT2D eigenvalue weighted by Crippen LogP contribution is -2.32. The Kier molecular flexibility index (Phi) is 7.42. The number of ether oxygens (including phenoxy) is 1. The topological polar surface area (TPSA) is 102 Å². The first-order valence-corrected chi connectivity index (χ1v) is 6.88. The molecule has 1 fully saturated rings. The zero-order valence-electron chi connectivity index (χ0n) is 12.1. The molecular weight excluding hydrogens is 272 g/mol. The van der Waals surface area contributed by atoms with Gasteiger partial charge < -0.3 is 20.9 Å². The number of carbonyl (C=O) groups is 2. The van der Waals surface area contributed by atoms with Crippen LogP contribution in [0.3, 0.4) is 0 Å². The van der Waals surface area contributed by atoms with Gasteiger partial charge in [0.25, 0.3) is 0 Å². The third kappa shape index (κ3) is 6.37. The zero-order chi connectivity index (χ0) is 15.7. The lowest BCUT2D eigenvalue weighted by Gasteiger charge is -2.04. The summed E-state index contributed by atoms with van der Waals surface area (Å²) in [4.78, 5) is 21.1. The molecular formula is C15H22N2O4. The third-order valence-corrected chi connectivity index (χ3v) is 3.16. The number of carboxylic acids is 1. The fourth-order valence-electron chi connectivity index (χ4n) is 1.98. The van der Waals surface area contributed by atoms with Gasteiger partial charge in [0.05, 0.1) is 7.11 Å². The number of nitrogens with two attached hydrogens (primary N) is 1. The molecule has 1 aromatic rings. The Hall–Kier alpha value is -1.92. The van der Waals surface area contributed by atoms with E-state index >= 15 is 0 Å². The SMILES string of the molecule is COC(=O)[C@@H]1CCCN1.N[C@H](Cc1ccccc1)C(=O)O. The first-order valence-electron chi connectivity index (χ1n) is 6.88. The lowest BCUT2D eigenvalue weighted by atomic mass is 10.1. The van der Waals surface area contributed by atoms with Gasteiger partial charge in [-0.15, -0.1) is 0 Å². The van der Waals surface area contributed by atoms with Gasteiger partial charge in [-0.1, -0.05) is 30.3 Å². The standard InChI is InChI=1S/C9H11NO2.C6H11NO2/c10-8(9(11)12)6-7-4-2-1-3-5-7;1-9-6(8)5-3-2-4-7-5/h1-5,8H,6,10H2,(H,11,12);5,7H,2-4H2,1H3/t8-;5-/m10/s1. The van der Waals surface area contributed by atoms with Crippen molar-refractivity contribution >= 4 is 11.9 Å². The van der Waals surface area contributed by atoms with Crippen LogP contribution in [0.15, 0.2) is 30.3 Å². The van der Waals surface area contributed by atoms with E-state index in [1.54, 1.807) is 0 Å². The van der Waals surface area contributed by atoms with Crippen LogP contribution in [0.4, 0.5) is 0 Å². The molecule has 6 heteroatoms. The minimum Gasteiger partial charge on any atom is -0.480 e. The minimum absolute atomic E-state index is 0.0324. The van der Waals surface area contributed by atoms with Crippen molar-refractivity contribution in [2.45, 2.75) is 31.3 Å². The molecule has 21 heavy (non-hydrogen) atoms. The van der Waals surface area contributed by atoms with E-state index in [-0.39, 0.29) is 12.0 Å². The fourth-order valence-corrected chi connectivity index (χ4v) is 1.98. The quantitative estimate of drug-likeness (QED) is 0.701. The van der Waals surface area contributed by atoms with Crippen LogP contribution in [0.5, 0.6) is 0 Å². The molecule has 0 bridgehead atoms. The highest BCUT2D eigenvalue weighted by Gasteiger charge is 2.21. The van der Waals surface area contributed by atoms with Crippen molar-refractivity contribution in [2.24, 2.45) is 5.73 Å². The summed E-state index contributed by atoms with van der Waals surface area (Å²) in [6.07, 6.45) is 2.39. The molecule has 1 saturated heterocycles. The summed E-state index contributed by atoms with van der Waals surface area (Å²) in [6.45, 7) is 0.944. The van der Waals surface area contributed by atoms with E-state index in [0.717, 1.165) is 24.9 Å². The van der Waals surface area contributed by atoms with Crippen LogP contribution in [0.25, 0.3) is 0 Å². The molecule has 1 heterocycles. The van der Waals surface area contributed by atoms with E-state index in [4.69, 9.17) is 10.8 Å². The third-order valence-electron chi connectivity index (χ3n) is 3.16. The van der Waals surface area contributed by atoms with Gasteiger partial charge in [-0.05, 0) is 31.4 Å². The van der Waals surface area contributed by atoms with E-state index in [0.29, 0.717) is 6.42 Å². The van der Waals surface area contributed by atoms with Gasteiger partial charge in [0.2, 0.25) is 0 Å². The molecule has 1 aromatic carbocycles. The van der Waals surface area contributed by atoms with E-state index in [2.05, 4.69) is 10.1 Å². The van der Waals surface area contributed by atoms with E-state index in [9.17, 15) is 9.59 Å². The van der Waals surface area contributed by atoms with Crippen molar-refractivity contribution in [1.29, 1.82) is 0 Å². The van der Waals surface area contributed by atoms with Gasteiger partial charge in [0.15, 0.2) is 0 Å². The van der Waals surface area contributed by atoms with Crippen molar-refractivity contribution in [1.82, 2.24) is 5.32 Å². The van der Waals surface area contributed by atoms with Crippen LogP contribution in [-0.2, 0) is 20.7 Å².